The van der Waals surface area contributed by atoms with E-state index in [1.807, 2.05) is 0 Å². The molecule has 0 N–H and O–H groups in total. The molecule has 4 heteroatoms. The second kappa shape index (κ2) is 8.84. The summed E-state index contributed by atoms with van der Waals surface area (Å²) >= 11 is 0. The molecule has 1 aliphatic heterocycles. The Hall–Kier alpha value is -0.870. The summed E-state index contributed by atoms with van der Waals surface area (Å²) in [5.41, 5.74) is 1.46. The highest BCUT2D eigenvalue weighted by atomic mass is 16.6. The van der Waals surface area contributed by atoms with Crippen molar-refractivity contribution < 1.29 is 19.0 Å². The molecular weight excluding hydrogens is 292 g/mol. The molecule has 0 radical (unpaired) electrons. The van der Waals surface area contributed by atoms with Gasteiger partial charge in [0.2, 0.25) is 0 Å². The molecule has 1 aliphatic carbocycles. The van der Waals surface area contributed by atoms with Crippen LogP contribution in [0.2, 0.25) is 0 Å². The molecular formula is C19H32O4. The zero-order valence-electron chi connectivity index (χ0n) is 15.0. The lowest BCUT2D eigenvalue weighted by Gasteiger charge is -2.35. The van der Waals surface area contributed by atoms with E-state index in [1.54, 1.807) is 7.11 Å². The Labute approximate surface area is 140 Å². The molecule has 0 spiro atoms. The Kier molecular flexibility index (Phi) is 7.09. The molecule has 23 heavy (non-hydrogen) atoms. The van der Waals surface area contributed by atoms with Crippen molar-refractivity contribution in [1.82, 2.24) is 0 Å². The molecule has 4 atom stereocenters. The zero-order valence-corrected chi connectivity index (χ0v) is 15.0. The lowest BCUT2D eigenvalue weighted by molar-refractivity contribution is -0.162. The third kappa shape index (κ3) is 5.61. The van der Waals surface area contributed by atoms with Crippen molar-refractivity contribution in [2.75, 3.05) is 13.7 Å². The number of esters is 1. The summed E-state index contributed by atoms with van der Waals surface area (Å²) in [7, 11) is 1.77. The minimum absolute atomic E-state index is 0.0745. The van der Waals surface area contributed by atoms with E-state index in [-0.39, 0.29) is 24.3 Å². The minimum Gasteiger partial charge on any atom is -0.460 e. The molecule has 0 aromatic heterocycles. The summed E-state index contributed by atoms with van der Waals surface area (Å²) < 4.78 is 17.1. The maximum absolute atomic E-state index is 11.3. The van der Waals surface area contributed by atoms with Crippen LogP contribution in [0.5, 0.6) is 0 Å². The fourth-order valence-electron chi connectivity index (χ4n) is 3.41. The van der Waals surface area contributed by atoms with Crippen molar-refractivity contribution in [3.63, 3.8) is 0 Å². The summed E-state index contributed by atoms with van der Waals surface area (Å²) in [5, 5.41) is 0. The van der Waals surface area contributed by atoms with Gasteiger partial charge in [0, 0.05) is 13.5 Å². The molecule has 0 amide bonds. The Morgan fingerprint density at radius 3 is 2.74 bits per heavy atom. The van der Waals surface area contributed by atoms with Crippen LogP contribution in [0.1, 0.15) is 59.3 Å². The first-order chi connectivity index (χ1) is 11.0. The van der Waals surface area contributed by atoms with Gasteiger partial charge in [-0.05, 0) is 50.9 Å². The van der Waals surface area contributed by atoms with E-state index in [2.05, 4.69) is 26.8 Å². The van der Waals surface area contributed by atoms with Crippen molar-refractivity contribution in [3.05, 3.63) is 11.6 Å². The van der Waals surface area contributed by atoms with Gasteiger partial charge in [0.25, 0.3) is 0 Å². The Morgan fingerprint density at radius 1 is 1.30 bits per heavy atom. The number of ether oxygens (including phenoxy) is 3. The molecule has 2 rings (SSSR count). The van der Waals surface area contributed by atoms with Gasteiger partial charge in [-0.15, -0.1) is 0 Å². The number of methoxy groups -OCH3 is 1. The number of carbonyl (C=O) groups is 1. The number of allylic oxidation sites excluding steroid dienone is 2. The third-order valence-corrected chi connectivity index (χ3v) is 5.19. The van der Waals surface area contributed by atoms with E-state index in [4.69, 9.17) is 14.2 Å². The molecule has 1 saturated heterocycles. The highest BCUT2D eigenvalue weighted by molar-refractivity contribution is 5.70. The van der Waals surface area contributed by atoms with Gasteiger partial charge < -0.3 is 14.2 Å². The van der Waals surface area contributed by atoms with Gasteiger partial charge in [0.05, 0.1) is 18.8 Å². The monoisotopic (exact) mass is 324 g/mol. The minimum atomic E-state index is -0.0915. The van der Waals surface area contributed by atoms with E-state index >= 15 is 0 Å². The van der Waals surface area contributed by atoms with Crippen molar-refractivity contribution in [2.24, 2.45) is 11.8 Å². The Balaban J connectivity index is 1.82. The van der Waals surface area contributed by atoms with Crippen LogP contribution >= 0.6 is 0 Å². The maximum atomic E-state index is 11.3. The fourth-order valence-corrected chi connectivity index (χ4v) is 3.41. The molecule has 0 aromatic carbocycles. The standard InChI is InChI=1S/C19H32O4/c1-13(2)14(3)10-15-8-9-17(18(11-15)21-4)22-12-16-6-5-7-19(20)23-16/h10,13,15-18H,5-9,11-12H2,1-4H3/b14-10+/t15?,16?,17-,18-/m1/s1. The van der Waals surface area contributed by atoms with Crippen LogP contribution in [0, 0.1) is 11.8 Å². The lowest BCUT2D eigenvalue weighted by atomic mass is 9.83. The zero-order chi connectivity index (χ0) is 16.8. The molecule has 0 bridgehead atoms. The number of carbonyl (C=O) groups excluding carboxylic acids is 1. The van der Waals surface area contributed by atoms with Gasteiger partial charge in [-0.25, -0.2) is 0 Å². The molecule has 1 saturated carbocycles. The largest absolute Gasteiger partial charge is 0.460 e. The molecule has 2 fully saturated rings. The van der Waals surface area contributed by atoms with Crippen LogP contribution in [0.3, 0.4) is 0 Å². The van der Waals surface area contributed by atoms with Crippen molar-refractivity contribution in [2.45, 2.75) is 77.6 Å². The van der Waals surface area contributed by atoms with Crippen molar-refractivity contribution in [3.8, 4) is 0 Å². The summed E-state index contributed by atoms with van der Waals surface area (Å²) in [6, 6.07) is 0. The lowest BCUT2D eigenvalue weighted by Crippen LogP contribution is -2.39. The van der Waals surface area contributed by atoms with Gasteiger partial charge in [-0.2, -0.15) is 0 Å². The predicted octanol–water partition coefficient (Wildman–Crippen LogP) is 3.88. The van der Waals surface area contributed by atoms with Crippen LogP contribution in [0.4, 0.5) is 0 Å². The first-order valence-corrected chi connectivity index (χ1v) is 9.01. The van der Waals surface area contributed by atoms with Crippen LogP contribution in [0.25, 0.3) is 0 Å². The average Bonchev–Trinajstić information content (AvgIpc) is 2.53. The second-order valence-corrected chi connectivity index (χ2v) is 7.29. The van der Waals surface area contributed by atoms with E-state index in [9.17, 15) is 4.79 Å². The summed E-state index contributed by atoms with van der Waals surface area (Å²) in [6.07, 6.45) is 8.10. The number of hydrogen-bond donors (Lipinski definition) is 0. The summed E-state index contributed by atoms with van der Waals surface area (Å²) in [5.74, 6) is 1.09. The van der Waals surface area contributed by atoms with Gasteiger partial charge in [0.15, 0.2) is 0 Å². The third-order valence-electron chi connectivity index (χ3n) is 5.19. The smallest absolute Gasteiger partial charge is 0.306 e. The number of hydrogen-bond acceptors (Lipinski definition) is 4. The van der Waals surface area contributed by atoms with Gasteiger partial charge >= 0.3 is 5.97 Å². The van der Waals surface area contributed by atoms with Gasteiger partial charge in [-0.1, -0.05) is 25.5 Å². The van der Waals surface area contributed by atoms with Crippen LogP contribution in [0.15, 0.2) is 11.6 Å². The number of cyclic esters (lactones) is 1. The molecule has 1 heterocycles. The van der Waals surface area contributed by atoms with E-state index < -0.39 is 0 Å². The maximum Gasteiger partial charge on any atom is 0.306 e. The number of rotatable bonds is 6. The fraction of sp³-hybridized carbons (Fsp3) is 0.842. The first-order valence-electron chi connectivity index (χ1n) is 9.01. The Bertz CT molecular complexity index is 416. The molecule has 2 aliphatic rings. The quantitative estimate of drug-likeness (QED) is 0.549. The molecule has 132 valence electrons. The molecule has 0 aromatic rings. The Morgan fingerprint density at radius 2 is 2.09 bits per heavy atom. The second-order valence-electron chi connectivity index (χ2n) is 7.29. The van der Waals surface area contributed by atoms with Crippen LogP contribution in [-0.4, -0.2) is 38.0 Å². The molecule has 4 nitrogen and oxygen atoms in total. The van der Waals surface area contributed by atoms with Gasteiger partial charge in [0.1, 0.15) is 6.10 Å². The first kappa shape index (κ1) is 18.5. The normalized spacial score (nSPS) is 32.9. The van der Waals surface area contributed by atoms with E-state index in [1.165, 1.54) is 5.57 Å². The summed E-state index contributed by atoms with van der Waals surface area (Å²) in [6.45, 7) is 7.19. The van der Waals surface area contributed by atoms with Crippen molar-refractivity contribution in [1.29, 1.82) is 0 Å². The predicted molar refractivity (Wildman–Crippen MR) is 90.2 cm³/mol. The van der Waals surface area contributed by atoms with Crippen LogP contribution in [-0.2, 0) is 19.0 Å². The van der Waals surface area contributed by atoms with E-state index in [0.29, 0.717) is 24.9 Å². The van der Waals surface area contributed by atoms with Crippen LogP contribution < -0.4 is 0 Å². The van der Waals surface area contributed by atoms with Gasteiger partial charge in [-0.3, -0.25) is 4.79 Å². The molecule has 2 unspecified atom stereocenters. The average molecular weight is 324 g/mol. The SMILES string of the molecule is CO[C@@H]1CC(/C=C(\C)C(C)C)CC[C@H]1OCC1CCCC(=O)O1. The summed E-state index contributed by atoms with van der Waals surface area (Å²) in [4.78, 5) is 11.3. The highest BCUT2D eigenvalue weighted by Crippen LogP contribution is 2.31. The topological polar surface area (TPSA) is 44.8 Å². The van der Waals surface area contributed by atoms with E-state index in [0.717, 1.165) is 32.1 Å². The highest BCUT2D eigenvalue weighted by Gasteiger charge is 2.32. The van der Waals surface area contributed by atoms with Crippen molar-refractivity contribution >= 4 is 5.97 Å².